The molecule has 3 aromatic rings. The van der Waals surface area contributed by atoms with Crippen molar-refractivity contribution in [3.8, 4) is 0 Å². The fraction of sp³-hybridized carbons (Fsp3) is 0.333. The second kappa shape index (κ2) is 7.80. The number of nitrogens with zero attached hydrogens (tertiary/aromatic N) is 2. The predicted octanol–water partition coefficient (Wildman–Crippen LogP) is 3.33. The van der Waals surface area contributed by atoms with Crippen LogP contribution in [0.25, 0.3) is 11.0 Å². The summed E-state index contributed by atoms with van der Waals surface area (Å²) in [4.78, 5) is 36.4. The first-order chi connectivity index (χ1) is 13.7. The molecule has 7 nitrogen and oxygen atoms in total. The second-order valence-electron chi connectivity index (χ2n) is 7.06. The van der Waals surface area contributed by atoms with Gasteiger partial charge in [0.1, 0.15) is 17.8 Å². The van der Waals surface area contributed by atoms with E-state index in [0.717, 1.165) is 25.7 Å². The van der Waals surface area contributed by atoms with Crippen LogP contribution in [0.3, 0.4) is 0 Å². The van der Waals surface area contributed by atoms with Gasteiger partial charge in [-0.3, -0.25) is 9.59 Å². The van der Waals surface area contributed by atoms with E-state index in [1.54, 1.807) is 18.3 Å². The molecule has 144 valence electrons. The Balaban J connectivity index is 1.58. The minimum absolute atomic E-state index is 0.0315. The fourth-order valence-electron chi connectivity index (χ4n) is 3.83. The van der Waals surface area contributed by atoms with Crippen molar-refractivity contribution in [2.45, 2.75) is 31.7 Å². The molecule has 0 unspecified atom stereocenters. The molecule has 0 saturated heterocycles. The molecule has 1 aliphatic rings. The minimum Gasteiger partial charge on any atom is -0.469 e. The fourth-order valence-corrected chi connectivity index (χ4v) is 3.83. The molecule has 0 radical (unpaired) electrons. The number of hydrogen-bond donors (Lipinski definition) is 2. The Morgan fingerprint density at radius 1 is 1.11 bits per heavy atom. The Morgan fingerprint density at radius 3 is 2.57 bits per heavy atom. The van der Waals surface area contributed by atoms with Crippen molar-refractivity contribution in [3.63, 3.8) is 0 Å². The molecule has 2 N–H and O–H groups in total. The second-order valence-corrected chi connectivity index (χ2v) is 7.06. The quantitative estimate of drug-likeness (QED) is 0.522. The minimum atomic E-state index is -0.135. The molecule has 0 atom stereocenters. The third kappa shape index (κ3) is 3.47. The summed E-state index contributed by atoms with van der Waals surface area (Å²) in [7, 11) is 1.43. The maximum absolute atomic E-state index is 13.0. The number of rotatable bonds is 5. The lowest BCUT2D eigenvalue weighted by Crippen LogP contribution is -2.30. The summed E-state index contributed by atoms with van der Waals surface area (Å²) in [6.07, 6.45) is 6.42. The van der Waals surface area contributed by atoms with Crippen molar-refractivity contribution in [3.05, 3.63) is 54.0 Å². The maximum atomic E-state index is 13.0. The Labute approximate surface area is 162 Å². The van der Waals surface area contributed by atoms with E-state index in [9.17, 15) is 9.59 Å². The lowest BCUT2D eigenvalue weighted by molar-refractivity contribution is -0.146. The third-order valence-corrected chi connectivity index (χ3v) is 5.35. The van der Waals surface area contributed by atoms with E-state index in [1.165, 1.54) is 13.4 Å². The number of carbonyl (C=O) groups is 2. The first-order valence-electron chi connectivity index (χ1n) is 9.43. The first-order valence-corrected chi connectivity index (χ1v) is 9.43. The Kier molecular flexibility index (Phi) is 5.06. The smallest absolute Gasteiger partial charge is 0.308 e. The molecule has 2 heterocycles. The summed E-state index contributed by atoms with van der Waals surface area (Å²) >= 11 is 0. The number of aromatic nitrogens is 3. The first kappa shape index (κ1) is 18.2. The van der Waals surface area contributed by atoms with Crippen molar-refractivity contribution in [1.82, 2.24) is 15.0 Å². The van der Waals surface area contributed by atoms with Crippen molar-refractivity contribution in [2.75, 3.05) is 12.4 Å². The van der Waals surface area contributed by atoms with Crippen LogP contribution in [0.5, 0.6) is 0 Å². The van der Waals surface area contributed by atoms with E-state index in [-0.39, 0.29) is 23.7 Å². The SMILES string of the molecule is COC(=O)C1CCC(Nc2ncnc3[nH]cc(C(=O)c4ccccc4)c23)CC1. The molecule has 1 saturated carbocycles. The summed E-state index contributed by atoms with van der Waals surface area (Å²) in [5.74, 6) is 0.409. The van der Waals surface area contributed by atoms with E-state index >= 15 is 0 Å². The lowest BCUT2D eigenvalue weighted by Gasteiger charge is -2.28. The van der Waals surface area contributed by atoms with Crippen molar-refractivity contribution in [2.24, 2.45) is 5.92 Å². The van der Waals surface area contributed by atoms with Gasteiger partial charge >= 0.3 is 5.97 Å². The molecular formula is C21H22N4O3. The molecule has 28 heavy (non-hydrogen) atoms. The van der Waals surface area contributed by atoms with Crippen LogP contribution in [0.2, 0.25) is 0 Å². The highest BCUT2D eigenvalue weighted by Crippen LogP contribution is 2.30. The van der Waals surface area contributed by atoms with Gasteiger partial charge in [-0.2, -0.15) is 0 Å². The average molecular weight is 378 g/mol. The highest BCUT2D eigenvalue weighted by molar-refractivity contribution is 6.17. The lowest BCUT2D eigenvalue weighted by atomic mass is 9.86. The van der Waals surface area contributed by atoms with E-state index in [4.69, 9.17) is 4.74 Å². The van der Waals surface area contributed by atoms with Crippen LogP contribution < -0.4 is 5.32 Å². The number of methoxy groups -OCH3 is 1. The van der Waals surface area contributed by atoms with Crippen LogP contribution >= 0.6 is 0 Å². The highest BCUT2D eigenvalue weighted by atomic mass is 16.5. The number of ketones is 1. The van der Waals surface area contributed by atoms with Crippen LogP contribution in [-0.2, 0) is 9.53 Å². The normalized spacial score (nSPS) is 19.3. The van der Waals surface area contributed by atoms with Crippen LogP contribution in [0, 0.1) is 5.92 Å². The standard InChI is InChI=1S/C21H22N4O3/c1-28-21(27)14-7-9-15(10-8-14)25-20-17-16(11-22-19(17)23-12-24-20)18(26)13-5-3-2-4-6-13/h2-6,11-12,14-15H,7-10H2,1H3,(H2,22,23,24,25). The van der Waals surface area contributed by atoms with Crippen LogP contribution in [-0.4, -0.2) is 39.9 Å². The van der Waals surface area contributed by atoms with Gasteiger partial charge < -0.3 is 15.0 Å². The number of fused-ring (bicyclic) bond motifs is 1. The number of carbonyl (C=O) groups excluding carboxylic acids is 2. The largest absolute Gasteiger partial charge is 0.469 e. The van der Waals surface area contributed by atoms with Gasteiger partial charge in [-0.05, 0) is 25.7 Å². The molecular weight excluding hydrogens is 356 g/mol. The van der Waals surface area contributed by atoms with Crippen molar-refractivity contribution in [1.29, 1.82) is 0 Å². The molecule has 1 fully saturated rings. The van der Waals surface area contributed by atoms with Gasteiger partial charge in [0.2, 0.25) is 0 Å². The Hall–Kier alpha value is -3.22. The molecule has 0 bridgehead atoms. The van der Waals surface area contributed by atoms with E-state index in [0.29, 0.717) is 28.0 Å². The summed E-state index contributed by atoms with van der Waals surface area (Å²) < 4.78 is 4.85. The zero-order valence-corrected chi connectivity index (χ0v) is 15.6. The number of ether oxygens (including phenoxy) is 1. The van der Waals surface area contributed by atoms with Gasteiger partial charge in [0.05, 0.1) is 24.0 Å². The molecule has 4 rings (SSSR count). The number of aromatic amines is 1. The van der Waals surface area contributed by atoms with E-state index in [2.05, 4.69) is 20.3 Å². The monoisotopic (exact) mass is 378 g/mol. The molecule has 0 aliphatic heterocycles. The van der Waals surface area contributed by atoms with Gasteiger partial charge in [-0.15, -0.1) is 0 Å². The Morgan fingerprint density at radius 2 is 1.86 bits per heavy atom. The van der Waals surface area contributed by atoms with Gasteiger partial charge in [-0.25, -0.2) is 9.97 Å². The van der Waals surface area contributed by atoms with Crippen molar-refractivity contribution < 1.29 is 14.3 Å². The van der Waals surface area contributed by atoms with Crippen molar-refractivity contribution >= 4 is 28.6 Å². The van der Waals surface area contributed by atoms with E-state index < -0.39 is 0 Å². The third-order valence-electron chi connectivity index (χ3n) is 5.35. The predicted molar refractivity (Wildman–Crippen MR) is 105 cm³/mol. The van der Waals surface area contributed by atoms with Gasteiger partial charge in [0.15, 0.2) is 5.78 Å². The topological polar surface area (TPSA) is 97.0 Å². The zero-order valence-electron chi connectivity index (χ0n) is 15.6. The summed E-state index contributed by atoms with van der Waals surface area (Å²) in [6.45, 7) is 0. The van der Waals surface area contributed by atoms with Gasteiger partial charge in [0, 0.05) is 17.8 Å². The molecule has 0 amide bonds. The summed E-state index contributed by atoms with van der Waals surface area (Å²) in [5.41, 5.74) is 1.80. The zero-order chi connectivity index (χ0) is 19.5. The van der Waals surface area contributed by atoms with Gasteiger partial charge in [-0.1, -0.05) is 30.3 Å². The molecule has 2 aromatic heterocycles. The number of benzene rings is 1. The van der Waals surface area contributed by atoms with Crippen LogP contribution in [0.15, 0.2) is 42.9 Å². The molecule has 1 aromatic carbocycles. The number of nitrogens with one attached hydrogen (secondary N) is 2. The molecule has 7 heteroatoms. The molecule has 1 aliphatic carbocycles. The van der Waals surface area contributed by atoms with Crippen LogP contribution in [0.1, 0.15) is 41.6 Å². The number of anilines is 1. The summed E-state index contributed by atoms with van der Waals surface area (Å²) in [5, 5.41) is 4.16. The van der Waals surface area contributed by atoms with Gasteiger partial charge in [0.25, 0.3) is 0 Å². The molecule has 0 spiro atoms. The van der Waals surface area contributed by atoms with Crippen LogP contribution in [0.4, 0.5) is 5.82 Å². The maximum Gasteiger partial charge on any atom is 0.308 e. The average Bonchev–Trinajstić information content (AvgIpc) is 3.19. The highest BCUT2D eigenvalue weighted by Gasteiger charge is 2.28. The Bertz CT molecular complexity index is 991. The number of esters is 1. The number of hydrogen-bond acceptors (Lipinski definition) is 6. The number of H-pyrrole nitrogens is 1. The van der Waals surface area contributed by atoms with E-state index in [1.807, 2.05) is 18.2 Å². The summed E-state index contributed by atoms with van der Waals surface area (Å²) in [6, 6.07) is 9.36.